The Morgan fingerprint density at radius 1 is 1.44 bits per heavy atom. The molecule has 2 N–H and O–H groups in total. The van der Waals surface area contributed by atoms with Gasteiger partial charge in [-0.15, -0.1) is 0 Å². The first-order chi connectivity index (χ1) is 8.36. The van der Waals surface area contributed by atoms with Crippen molar-refractivity contribution in [1.82, 2.24) is 5.32 Å². The van der Waals surface area contributed by atoms with Crippen molar-refractivity contribution in [3.05, 3.63) is 31.3 Å². The van der Waals surface area contributed by atoms with Crippen LogP contribution in [0.5, 0.6) is 0 Å². The summed E-state index contributed by atoms with van der Waals surface area (Å²) in [6.45, 7) is 1.68. The van der Waals surface area contributed by atoms with Crippen LogP contribution in [0.3, 0.4) is 0 Å². The van der Waals surface area contributed by atoms with Gasteiger partial charge in [-0.2, -0.15) is 0 Å². The molecule has 0 aliphatic rings. The average Bonchev–Trinajstić information content (AvgIpc) is 2.29. The van der Waals surface area contributed by atoms with E-state index in [1.54, 1.807) is 6.92 Å². The van der Waals surface area contributed by atoms with Crippen molar-refractivity contribution in [3.8, 4) is 0 Å². The Kier molecular flexibility index (Phi) is 5.68. The van der Waals surface area contributed by atoms with Crippen LogP contribution in [0.2, 0.25) is 10.0 Å². The van der Waals surface area contributed by atoms with E-state index in [-0.39, 0.29) is 5.56 Å². The number of rotatable bonds is 4. The number of aliphatic carboxylic acids is 1. The summed E-state index contributed by atoms with van der Waals surface area (Å²) in [6.07, 6.45) is 0.298. The van der Waals surface area contributed by atoms with E-state index in [9.17, 15) is 9.59 Å². The highest BCUT2D eigenvalue weighted by molar-refractivity contribution is 14.1. The van der Waals surface area contributed by atoms with E-state index in [4.69, 9.17) is 28.3 Å². The van der Waals surface area contributed by atoms with Crippen molar-refractivity contribution < 1.29 is 14.7 Å². The van der Waals surface area contributed by atoms with E-state index >= 15 is 0 Å². The van der Waals surface area contributed by atoms with Crippen molar-refractivity contribution in [2.75, 3.05) is 0 Å². The molecular formula is C11H10Cl2INO3. The minimum atomic E-state index is -1.08. The monoisotopic (exact) mass is 401 g/mol. The summed E-state index contributed by atoms with van der Waals surface area (Å²) in [4.78, 5) is 22.8. The van der Waals surface area contributed by atoms with Crippen LogP contribution in [0.4, 0.5) is 0 Å². The van der Waals surface area contributed by atoms with Crippen molar-refractivity contribution in [2.24, 2.45) is 0 Å². The van der Waals surface area contributed by atoms with Gasteiger partial charge >= 0.3 is 5.97 Å². The van der Waals surface area contributed by atoms with Gasteiger partial charge in [0.1, 0.15) is 6.04 Å². The molecule has 18 heavy (non-hydrogen) atoms. The second-order valence-electron chi connectivity index (χ2n) is 3.52. The fourth-order valence-electron chi connectivity index (χ4n) is 1.30. The van der Waals surface area contributed by atoms with E-state index in [2.05, 4.69) is 5.32 Å². The molecule has 0 aliphatic heterocycles. The molecule has 1 amide bonds. The van der Waals surface area contributed by atoms with Crippen molar-refractivity contribution in [2.45, 2.75) is 19.4 Å². The van der Waals surface area contributed by atoms with E-state index in [1.165, 1.54) is 12.1 Å². The molecule has 0 fully saturated rings. The Hall–Kier alpha value is -0.530. The van der Waals surface area contributed by atoms with Gasteiger partial charge in [-0.3, -0.25) is 4.79 Å². The lowest BCUT2D eigenvalue weighted by atomic mass is 10.1. The third kappa shape index (κ3) is 3.73. The highest BCUT2D eigenvalue weighted by atomic mass is 127. The summed E-state index contributed by atoms with van der Waals surface area (Å²) in [7, 11) is 0. The number of carbonyl (C=O) groups is 2. The van der Waals surface area contributed by atoms with Gasteiger partial charge in [0.05, 0.1) is 10.6 Å². The molecule has 1 rings (SSSR count). The largest absolute Gasteiger partial charge is 0.480 e. The highest BCUT2D eigenvalue weighted by Crippen LogP contribution is 2.26. The second-order valence-corrected chi connectivity index (χ2v) is 5.44. The van der Waals surface area contributed by atoms with Gasteiger partial charge in [-0.1, -0.05) is 30.1 Å². The standard InChI is InChI=1S/C11H10Cl2INO3/c1-2-8(11(17)18)15-10(16)6-3-5(12)4-7(13)9(6)14/h3-4,8H,2H2,1H3,(H,15,16)(H,17,18)/t8-/m0/s1. The molecule has 0 radical (unpaired) electrons. The number of carboxylic acid groups (broad SMARTS) is 1. The lowest BCUT2D eigenvalue weighted by Gasteiger charge is -2.13. The Balaban J connectivity index is 3.01. The predicted molar refractivity (Wildman–Crippen MR) is 78.4 cm³/mol. The van der Waals surface area contributed by atoms with Crippen molar-refractivity contribution in [1.29, 1.82) is 0 Å². The van der Waals surface area contributed by atoms with Crippen LogP contribution in [0, 0.1) is 3.57 Å². The highest BCUT2D eigenvalue weighted by Gasteiger charge is 2.21. The van der Waals surface area contributed by atoms with Gasteiger partial charge in [0.15, 0.2) is 0 Å². The lowest BCUT2D eigenvalue weighted by Crippen LogP contribution is -2.40. The molecular weight excluding hydrogens is 392 g/mol. The number of amides is 1. The SMILES string of the molecule is CC[C@H](NC(=O)c1cc(Cl)cc(Cl)c1I)C(=O)O. The smallest absolute Gasteiger partial charge is 0.326 e. The van der Waals surface area contributed by atoms with Gasteiger partial charge in [0.25, 0.3) is 5.91 Å². The van der Waals surface area contributed by atoms with Crippen LogP contribution in [-0.4, -0.2) is 23.0 Å². The zero-order valence-electron chi connectivity index (χ0n) is 9.34. The van der Waals surface area contributed by atoms with E-state index < -0.39 is 17.9 Å². The minimum Gasteiger partial charge on any atom is -0.480 e. The Morgan fingerprint density at radius 3 is 2.56 bits per heavy atom. The van der Waals surface area contributed by atoms with Gasteiger partial charge in [0, 0.05) is 8.59 Å². The summed E-state index contributed by atoms with van der Waals surface area (Å²) in [5.41, 5.74) is 0.271. The number of hydrogen-bond acceptors (Lipinski definition) is 2. The van der Waals surface area contributed by atoms with Crippen LogP contribution < -0.4 is 5.32 Å². The van der Waals surface area contributed by atoms with Crippen LogP contribution in [0.15, 0.2) is 12.1 Å². The molecule has 0 aromatic heterocycles. The zero-order valence-corrected chi connectivity index (χ0v) is 13.0. The molecule has 1 aromatic rings. The molecule has 4 nitrogen and oxygen atoms in total. The van der Waals surface area contributed by atoms with Gasteiger partial charge in [-0.05, 0) is 41.1 Å². The molecule has 7 heteroatoms. The lowest BCUT2D eigenvalue weighted by molar-refractivity contribution is -0.139. The molecule has 0 unspecified atom stereocenters. The molecule has 0 aliphatic carbocycles. The fourth-order valence-corrected chi connectivity index (χ4v) is 2.35. The number of hydrogen-bond donors (Lipinski definition) is 2. The van der Waals surface area contributed by atoms with Gasteiger partial charge in [0.2, 0.25) is 0 Å². The minimum absolute atomic E-state index is 0.271. The third-order valence-electron chi connectivity index (χ3n) is 2.25. The summed E-state index contributed by atoms with van der Waals surface area (Å²) in [5.74, 6) is -1.58. The normalized spacial score (nSPS) is 12.0. The molecule has 1 atom stereocenters. The number of carboxylic acids is 1. The summed E-state index contributed by atoms with van der Waals surface area (Å²) < 4.78 is 0.538. The predicted octanol–water partition coefficient (Wildman–Crippen LogP) is 3.19. The average molecular weight is 402 g/mol. The zero-order chi connectivity index (χ0) is 13.9. The Labute approximate surface area is 128 Å². The summed E-state index contributed by atoms with van der Waals surface area (Å²) >= 11 is 13.6. The number of nitrogens with one attached hydrogen (secondary N) is 1. The molecule has 1 aromatic carbocycles. The number of benzene rings is 1. The molecule has 98 valence electrons. The van der Waals surface area contributed by atoms with E-state index in [0.29, 0.717) is 20.0 Å². The molecule has 0 bridgehead atoms. The van der Waals surface area contributed by atoms with Crippen LogP contribution in [0.25, 0.3) is 0 Å². The van der Waals surface area contributed by atoms with Crippen molar-refractivity contribution in [3.63, 3.8) is 0 Å². The first kappa shape index (κ1) is 15.5. The Morgan fingerprint density at radius 2 is 2.06 bits per heavy atom. The van der Waals surface area contributed by atoms with Crippen LogP contribution >= 0.6 is 45.8 Å². The van der Waals surface area contributed by atoms with Crippen molar-refractivity contribution >= 4 is 57.7 Å². The molecule has 0 saturated heterocycles. The van der Waals surface area contributed by atoms with Crippen LogP contribution in [0.1, 0.15) is 23.7 Å². The first-order valence-electron chi connectivity index (χ1n) is 5.05. The number of halogens is 3. The maximum atomic E-state index is 11.9. The molecule has 0 spiro atoms. The third-order valence-corrected chi connectivity index (χ3v) is 4.25. The number of carbonyl (C=O) groups excluding carboxylic acids is 1. The maximum absolute atomic E-state index is 11.9. The fraction of sp³-hybridized carbons (Fsp3) is 0.273. The molecule has 0 saturated carbocycles. The van der Waals surface area contributed by atoms with Gasteiger partial charge in [-0.25, -0.2) is 4.79 Å². The van der Waals surface area contributed by atoms with E-state index in [1.807, 2.05) is 22.6 Å². The molecule has 0 heterocycles. The van der Waals surface area contributed by atoms with Crippen LogP contribution in [-0.2, 0) is 4.79 Å². The topological polar surface area (TPSA) is 66.4 Å². The second kappa shape index (κ2) is 6.58. The summed E-state index contributed by atoms with van der Waals surface area (Å²) in [6, 6.07) is 2.06. The van der Waals surface area contributed by atoms with E-state index in [0.717, 1.165) is 0 Å². The summed E-state index contributed by atoms with van der Waals surface area (Å²) in [5, 5.41) is 12.0. The maximum Gasteiger partial charge on any atom is 0.326 e. The first-order valence-corrected chi connectivity index (χ1v) is 6.88. The van der Waals surface area contributed by atoms with Gasteiger partial charge < -0.3 is 10.4 Å². The quantitative estimate of drug-likeness (QED) is 0.601. The Bertz CT molecular complexity index is 493.